The van der Waals surface area contributed by atoms with Crippen LogP contribution >= 0.6 is 0 Å². The molecule has 1 aromatic rings. The van der Waals surface area contributed by atoms with E-state index in [1.807, 2.05) is 20.8 Å². The van der Waals surface area contributed by atoms with Gasteiger partial charge in [0.1, 0.15) is 5.75 Å². The highest BCUT2D eigenvalue weighted by molar-refractivity contribution is 5.78. The third-order valence-electron chi connectivity index (χ3n) is 4.13. The second-order valence-corrected chi connectivity index (χ2v) is 7.90. The average Bonchev–Trinajstić information content (AvgIpc) is 2.71. The predicted molar refractivity (Wildman–Crippen MR) is 97.4 cm³/mol. The summed E-state index contributed by atoms with van der Waals surface area (Å²) in [6.45, 7) is 10.3. The number of hydrogen-bond donors (Lipinski definition) is 1. The zero-order valence-corrected chi connectivity index (χ0v) is 16.1. The van der Waals surface area contributed by atoms with E-state index in [2.05, 4.69) is 19.9 Å². The fourth-order valence-corrected chi connectivity index (χ4v) is 3.06. The molecule has 1 saturated heterocycles. The summed E-state index contributed by atoms with van der Waals surface area (Å²) in [7, 11) is 0. The number of ether oxygens (including phenoxy) is 1. The van der Waals surface area contributed by atoms with Gasteiger partial charge in [-0.2, -0.15) is 0 Å². The molecule has 1 amide bonds. The molecule has 1 aliphatic heterocycles. The van der Waals surface area contributed by atoms with Crippen molar-refractivity contribution in [2.45, 2.75) is 45.6 Å². The zero-order chi connectivity index (χ0) is 20.1. The highest BCUT2D eigenvalue weighted by atomic mass is 19.4. The highest BCUT2D eigenvalue weighted by Gasteiger charge is 2.31. The summed E-state index contributed by atoms with van der Waals surface area (Å²) in [5.74, 6) is -0.186. The van der Waals surface area contributed by atoms with Crippen LogP contribution in [0.2, 0.25) is 0 Å². The van der Waals surface area contributed by atoms with Gasteiger partial charge in [-0.3, -0.25) is 14.6 Å². The fraction of sp³-hybridized carbons (Fsp3) is 0.632. The third kappa shape index (κ3) is 8.62. The highest BCUT2D eigenvalue weighted by Crippen LogP contribution is 2.23. The van der Waals surface area contributed by atoms with Crippen molar-refractivity contribution in [3.8, 4) is 5.75 Å². The van der Waals surface area contributed by atoms with E-state index in [-0.39, 0.29) is 17.2 Å². The first-order chi connectivity index (χ1) is 12.5. The van der Waals surface area contributed by atoms with E-state index in [0.29, 0.717) is 13.1 Å². The van der Waals surface area contributed by atoms with Crippen LogP contribution in [0, 0.1) is 0 Å². The molecule has 1 N–H and O–H groups in total. The normalized spacial score (nSPS) is 17.4. The minimum atomic E-state index is -4.67. The summed E-state index contributed by atoms with van der Waals surface area (Å²) in [5.41, 5.74) is 0.695. The number of halogens is 3. The maximum atomic E-state index is 12.2. The van der Waals surface area contributed by atoms with Gasteiger partial charge in [0.15, 0.2) is 0 Å². The largest absolute Gasteiger partial charge is 0.573 e. The van der Waals surface area contributed by atoms with Crippen molar-refractivity contribution in [2.24, 2.45) is 0 Å². The molecule has 1 aliphatic rings. The maximum absolute atomic E-state index is 12.2. The van der Waals surface area contributed by atoms with Crippen LogP contribution in [-0.2, 0) is 11.3 Å². The summed E-state index contributed by atoms with van der Waals surface area (Å²) in [5, 5.41) is 2.97. The van der Waals surface area contributed by atoms with Gasteiger partial charge in [0.25, 0.3) is 0 Å². The first-order valence-corrected chi connectivity index (χ1v) is 9.11. The maximum Gasteiger partial charge on any atom is 0.573 e. The topological polar surface area (TPSA) is 44.8 Å². The van der Waals surface area contributed by atoms with E-state index < -0.39 is 6.36 Å². The van der Waals surface area contributed by atoms with Gasteiger partial charge in [-0.05, 0) is 58.0 Å². The third-order valence-corrected chi connectivity index (χ3v) is 4.13. The molecule has 0 atom stereocenters. The Morgan fingerprint density at radius 2 is 1.63 bits per heavy atom. The summed E-state index contributed by atoms with van der Waals surface area (Å²) >= 11 is 0. The van der Waals surface area contributed by atoms with Crippen molar-refractivity contribution >= 4 is 5.91 Å². The van der Waals surface area contributed by atoms with E-state index in [9.17, 15) is 18.0 Å². The number of hydrogen-bond acceptors (Lipinski definition) is 4. The Hall–Kier alpha value is -1.80. The van der Waals surface area contributed by atoms with Crippen LogP contribution in [0.3, 0.4) is 0 Å². The minimum absolute atomic E-state index is 0.0243. The predicted octanol–water partition coefficient (Wildman–Crippen LogP) is 3.01. The molecule has 0 bridgehead atoms. The first-order valence-electron chi connectivity index (χ1n) is 9.11. The average molecular weight is 387 g/mol. The van der Waals surface area contributed by atoms with Gasteiger partial charge in [-0.1, -0.05) is 12.1 Å². The molecular weight excluding hydrogens is 359 g/mol. The Morgan fingerprint density at radius 3 is 2.22 bits per heavy atom. The first kappa shape index (κ1) is 21.5. The molecule has 0 aliphatic carbocycles. The SMILES string of the molecule is CC(C)(C)NC(=O)CN1CCCN(Cc2ccc(OC(F)(F)F)cc2)CC1. The number of rotatable bonds is 5. The van der Waals surface area contributed by atoms with Crippen molar-refractivity contribution in [2.75, 3.05) is 32.7 Å². The van der Waals surface area contributed by atoms with Crippen LogP contribution in [0.15, 0.2) is 24.3 Å². The number of nitrogens with zero attached hydrogens (tertiary/aromatic N) is 2. The Balaban J connectivity index is 1.81. The Labute approximate surface area is 158 Å². The van der Waals surface area contributed by atoms with Crippen molar-refractivity contribution in [3.63, 3.8) is 0 Å². The number of benzene rings is 1. The molecule has 8 heteroatoms. The monoisotopic (exact) mass is 387 g/mol. The summed E-state index contributed by atoms with van der Waals surface area (Å²) in [4.78, 5) is 16.5. The lowest BCUT2D eigenvalue weighted by Gasteiger charge is -2.25. The molecule has 0 spiro atoms. The summed E-state index contributed by atoms with van der Waals surface area (Å²) in [6.07, 6.45) is -3.73. The molecule has 5 nitrogen and oxygen atoms in total. The van der Waals surface area contributed by atoms with Gasteiger partial charge in [0.2, 0.25) is 5.91 Å². The van der Waals surface area contributed by atoms with Crippen LogP contribution in [0.25, 0.3) is 0 Å². The Kier molecular flexibility index (Phi) is 7.11. The second kappa shape index (κ2) is 8.93. The van der Waals surface area contributed by atoms with Gasteiger partial charge in [-0.25, -0.2) is 0 Å². The summed E-state index contributed by atoms with van der Waals surface area (Å²) < 4.78 is 40.5. The van der Waals surface area contributed by atoms with Crippen LogP contribution in [-0.4, -0.2) is 60.3 Å². The lowest BCUT2D eigenvalue weighted by atomic mass is 10.1. The van der Waals surface area contributed by atoms with Gasteiger partial charge in [-0.15, -0.1) is 13.2 Å². The van der Waals surface area contributed by atoms with E-state index >= 15 is 0 Å². The van der Waals surface area contributed by atoms with Crippen molar-refractivity contribution < 1.29 is 22.7 Å². The fourth-order valence-electron chi connectivity index (χ4n) is 3.06. The molecule has 1 heterocycles. The molecule has 0 saturated carbocycles. The van der Waals surface area contributed by atoms with E-state index in [1.54, 1.807) is 12.1 Å². The number of alkyl halides is 3. The zero-order valence-electron chi connectivity index (χ0n) is 16.1. The molecule has 27 heavy (non-hydrogen) atoms. The molecular formula is C19H28F3N3O2. The second-order valence-electron chi connectivity index (χ2n) is 7.90. The van der Waals surface area contributed by atoms with Gasteiger partial charge in [0.05, 0.1) is 6.54 Å². The number of carbonyl (C=O) groups excluding carboxylic acids is 1. The molecule has 0 radical (unpaired) electrons. The van der Waals surface area contributed by atoms with Crippen LogP contribution in [0.5, 0.6) is 5.75 Å². The molecule has 0 unspecified atom stereocenters. The Bertz CT molecular complexity index is 612. The smallest absolute Gasteiger partial charge is 0.406 e. The van der Waals surface area contributed by atoms with Crippen molar-refractivity contribution in [1.82, 2.24) is 15.1 Å². The van der Waals surface area contributed by atoms with E-state index in [1.165, 1.54) is 12.1 Å². The van der Waals surface area contributed by atoms with Crippen molar-refractivity contribution in [3.05, 3.63) is 29.8 Å². The molecule has 1 aromatic carbocycles. The minimum Gasteiger partial charge on any atom is -0.406 e. The van der Waals surface area contributed by atoms with E-state index in [0.717, 1.165) is 38.2 Å². The van der Waals surface area contributed by atoms with Gasteiger partial charge >= 0.3 is 6.36 Å². The number of carbonyl (C=O) groups is 1. The van der Waals surface area contributed by atoms with Crippen molar-refractivity contribution in [1.29, 1.82) is 0 Å². The summed E-state index contributed by atoms with van der Waals surface area (Å²) in [6, 6.07) is 5.98. The Morgan fingerprint density at radius 1 is 1.04 bits per heavy atom. The molecule has 1 fully saturated rings. The van der Waals surface area contributed by atoms with Gasteiger partial charge < -0.3 is 10.1 Å². The number of nitrogens with one attached hydrogen (secondary N) is 1. The van der Waals surface area contributed by atoms with Crippen LogP contribution < -0.4 is 10.1 Å². The van der Waals surface area contributed by atoms with Crippen LogP contribution in [0.1, 0.15) is 32.8 Å². The van der Waals surface area contributed by atoms with Gasteiger partial charge in [0, 0.05) is 25.2 Å². The standard InChI is InChI=1S/C19H28F3N3O2/c1-18(2,3)23-17(26)14-25-10-4-9-24(11-12-25)13-15-5-7-16(8-6-15)27-19(20,21)22/h5-8H,4,9-14H2,1-3H3,(H,23,26). The van der Waals surface area contributed by atoms with Crippen LogP contribution in [0.4, 0.5) is 13.2 Å². The molecule has 152 valence electrons. The lowest BCUT2D eigenvalue weighted by Crippen LogP contribution is -2.46. The molecule has 0 aromatic heterocycles. The quantitative estimate of drug-likeness (QED) is 0.844. The lowest BCUT2D eigenvalue weighted by molar-refractivity contribution is -0.274. The number of amides is 1. The van der Waals surface area contributed by atoms with E-state index in [4.69, 9.17) is 0 Å². The molecule has 2 rings (SSSR count).